The van der Waals surface area contributed by atoms with Crippen molar-refractivity contribution in [2.24, 2.45) is 0 Å². The molecule has 140 valence electrons. The lowest BCUT2D eigenvalue weighted by Gasteiger charge is -2.09. The second kappa shape index (κ2) is 9.21. The molecule has 2 rings (SSSR count). The van der Waals surface area contributed by atoms with Crippen LogP contribution in [-0.4, -0.2) is 41.3 Å². The number of carbonyl (C=O) groups excluding carboxylic acids is 1. The van der Waals surface area contributed by atoms with Crippen LogP contribution in [0.2, 0.25) is 0 Å². The molecule has 0 saturated carbocycles. The van der Waals surface area contributed by atoms with E-state index in [1.165, 1.54) is 24.3 Å². The fourth-order valence-electron chi connectivity index (χ4n) is 2.11. The van der Waals surface area contributed by atoms with Crippen LogP contribution in [0.3, 0.4) is 0 Å². The van der Waals surface area contributed by atoms with E-state index in [0.29, 0.717) is 5.75 Å². The maximum absolute atomic E-state index is 12.1. The van der Waals surface area contributed by atoms with Gasteiger partial charge in [0, 0.05) is 6.54 Å². The van der Waals surface area contributed by atoms with Gasteiger partial charge in [-0.05, 0) is 42.5 Å². The number of rotatable bonds is 9. The lowest BCUT2D eigenvalue weighted by molar-refractivity contribution is 0.0450. The lowest BCUT2D eigenvalue weighted by atomic mass is 10.2. The van der Waals surface area contributed by atoms with Crippen molar-refractivity contribution in [3.63, 3.8) is 0 Å². The normalized spacial score (nSPS) is 11.0. The number of benzene rings is 2. The number of sulfonamides is 1. The highest BCUT2D eigenvalue weighted by atomic mass is 32.2. The quantitative estimate of drug-likeness (QED) is 0.531. The molecule has 2 aromatic rings. The SMILES string of the molecule is CCNS(=O)(=O)c1cccc(C(=O)OCCOc2ccc(OC)cc2)c1. The smallest absolute Gasteiger partial charge is 0.338 e. The Morgan fingerprint density at radius 3 is 2.38 bits per heavy atom. The van der Waals surface area contributed by atoms with Crippen LogP contribution in [0.25, 0.3) is 0 Å². The van der Waals surface area contributed by atoms with Crippen LogP contribution in [0, 0.1) is 0 Å². The minimum Gasteiger partial charge on any atom is -0.497 e. The Morgan fingerprint density at radius 2 is 1.73 bits per heavy atom. The summed E-state index contributed by atoms with van der Waals surface area (Å²) in [7, 11) is -2.05. The number of esters is 1. The third-order valence-corrected chi connectivity index (χ3v) is 4.90. The monoisotopic (exact) mass is 379 g/mol. The van der Waals surface area contributed by atoms with Gasteiger partial charge in [0.15, 0.2) is 0 Å². The van der Waals surface area contributed by atoms with E-state index >= 15 is 0 Å². The first-order valence-electron chi connectivity index (χ1n) is 8.00. The Kier molecular flexibility index (Phi) is 6.99. The summed E-state index contributed by atoms with van der Waals surface area (Å²) in [5, 5.41) is 0. The molecule has 0 spiro atoms. The van der Waals surface area contributed by atoms with Gasteiger partial charge in [-0.2, -0.15) is 0 Å². The van der Waals surface area contributed by atoms with Gasteiger partial charge >= 0.3 is 5.97 Å². The van der Waals surface area contributed by atoms with Crippen molar-refractivity contribution in [3.8, 4) is 11.5 Å². The van der Waals surface area contributed by atoms with Gasteiger partial charge in [0.1, 0.15) is 24.7 Å². The molecule has 26 heavy (non-hydrogen) atoms. The fraction of sp³-hybridized carbons (Fsp3) is 0.278. The maximum Gasteiger partial charge on any atom is 0.338 e. The Labute approximate surface area is 152 Å². The molecular formula is C18H21NO6S. The average Bonchev–Trinajstić information content (AvgIpc) is 2.65. The molecule has 0 heterocycles. The van der Waals surface area contributed by atoms with Crippen molar-refractivity contribution in [3.05, 3.63) is 54.1 Å². The first-order valence-corrected chi connectivity index (χ1v) is 9.48. The summed E-state index contributed by atoms with van der Waals surface area (Å²) in [6.45, 7) is 2.15. The molecule has 0 radical (unpaired) electrons. The van der Waals surface area contributed by atoms with E-state index in [2.05, 4.69) is 4.72 Å². The zero-order chi connectivity index (χ0) is 19.0. The summed E-state index contributed by atoms with van der Waals surface area (Å²) in [4.78, 5) is 12.1. The third-order valence-electron chi connectivity index (χ3n) is 3.36. The van der Waals surface area contributed by atoms with Gasteiger partial charge in [-0.25, -0.2) is 17.9 Å². The molecule has 0 aliphatic carbocycles. The first-order chi connectivity index (χ1) is 12.5. The summed E-state index contributed by atoms with van der Waals surface area (Å²) in [6.07, 6.45) is 0. The van der Waals surface area contributed by atoms with Crippen molar-refractivity contribution < 1.29 is 27.4 Å². The van der Waals surface area contributed by atoms with Crippen LogP contribution in [0.4, 0.5) is 0 Å². The number of nitrogens with one attached hydrogen (secondary N) is 1. The van der Waals surface area contributed by atoms with E-state index in [0.717, 1.165) is 5.75 Å². The zero-order valence-corrected chi connectivity index (χ0v) is 15.4. The van der Waals surface area contributed by atoms with Crippen LogP contribution < -0.4 is 14.2 Å². The van der Waals surface area contributed by atoms with E-state index in [4.69, 9.17) is 14.2 Å². The second-order valence-electron chi connectivity index (χ2n) is 5.19. The summed E-state index contributed by atoms with van der Waals surface area (Å²) in [5.41, 5.74) is 0.161. The van der Waals surface area contributed by atoms with E-state index < -0.39 is 16.0 Å². The minimum atomic E-state index is -3.63. The van der Waals surface area contributed by atoms with Crippen LogP contribution >= 0.6 is 0 Å². The van der Waals surface area contributed by atoms with Crippen LogP contribution in [0.1, 0.15) is 17.3 Å². The van der Waals surface area contributed by atoms with Gasteiger partial charge in [0.05, 0.1) is 17.6 Å². The molecule has 0 atom stereocenters. The number of ether oxygens (including phenoxy) is 3. The van der Waals surface area contributed by atoms with Crippen LogP contribution in [-0.2, 0) is 14.8 Å². The van der Waals surface area contributed by atoms with Crippen molar-refractivity contribution in [1.29, 1.82) is 0 Å². The average molecular weight is 379 g/mol. The molecular weight excluding hydrogens is 358 g/mol. The number of hydrogen-bond acceptors (Lipinski definition) is 6. The second-order valence-corrected chi connectivity index (χ2v) is 6.96. The molecule has 1 N–H and O–H groups in total. The summed E-state index contributed by atoms with van der Waals surface area (Å²) in [6, 6.07) is 12.7. The summed E-state index contributed by atoms with van der Waals surface area (Å²) in [5.74, 6) is 0.730. The molecule has 2 aromatic carbocycles. The highest BCUT2D eigenvalue weighted by molar-refractivity contribution is 7.89. The van der Waals surface area contributed by atoms with Crippen LogP contribution in [0.15, 0.2) is 53.4 Å². The van der Waals surface area contributed by atoms with Gasteiger partial charge in [-0.3, -0.25) is 0 Å². The Hall–Kier alpha value is -2.58. The Bertz CT molecular complexity index is 833. The summed E-state index contributed by atoms with van der Waals surface area (Å²) >= 11 is 0. The largest absolute Gasteiger partial charge is 0.497 e. The van der Waals surface area contributed by atoms with Crippen LogP contribution in [0.5, 0.6) is 11.5 Å². The van der Waals surface area contributed by atoms with Crippen molar-refractivity contribution in [2.45, 2.75) is 11.8 Å². The molecule has 0 fully saturated rings. The zero-order valence-electron chi connectivity index (χ0n) is 14.6. The molecule has 0 aliphatic heterocycles. The van der Waals surface area contributed by atoms with E-state index in [9.17, 15) is 13.2 Å². The molecule has 0 aromatic heterocycles. The molecule has 0 aliphatic rings. The first kappa shape index (κ1) is 19.7. The minimum absolute atomic E-state index is 0.0169. The number of hydrogen-bond donors (Lipinski definition) is 1. The van der Waals surface area contributed by atoms with Crippen molar-refractivity contribution in [1.82, 2.24) is 4.72 Å². The van der Waals surface area contributed by atoms with Gasteiger partial charge in [0.25, 0.3) is 0 Å². The molecule has 8 heteroatoms. The third kappa shape index (κ3) is 5.47. The van der Waals surface area contributed by atoms with Gasteiger partial charge in [0.2, 0.25) is 10.0 Å². The van der Waals surface area contributed by atoms with Gasteiger partial charge in [-0.15, -0.1) is 0 Å². The highest BCUT2D eigenvalue weighted by Gasteiger charge is 2.15. The molecule has 0 bridgehead atoms. The molecule has 7 nitrogen and oxygen atoms in total. The fourth-order valence-corrected chi connectivity index (χ4v) is 3.20. The summed E-state index contributed by atoms with van der Waals surface area (Å²) < 4.78 is 42.0. The highest BCUT2D eigenvalue weighted by Crippen LogP contribution is 2.17. The van der Waals surface area contributed by atoms with Crippen molar-refractivity contribution in [2.75, 3.05) is 26.9 Å². The number of methoxy groups -OCH3 is 1. The molecule has 0 amide bonds. The number of carbonyl (C=O) groups is 1. The standard InChI is InChI=1S/C18H21NO6S/c1-3-19-26(21,22)17-6-4-5-14(13-17)18(20)25-12-11-24-16-9-7-15(23-2)8-10-16/h4-10,13,19H,3,11-12H2,1-2H3. The predicted molar refractivity (Wildman–Crippen MR) is 96.1 cm³/mol. The van der Waals surface area contributed by atoms with E-state index in [1.807, 2.05) is 0 Å². The van der Waals surface area contributed by atoms with Gasteiger partial charge in [-0.1, -0.05) is 13.0 Å². The van der Waals surface area contributed by atoms with Crippen molar-refractivity contribution >= 4 is 16.0 Å². The molecule has 0 saturated heterocycles. The Morgan fingerprint density at radius 1 is 1.04 bits per heavy atom. The van der Waals surface area contributed by atoms with E-state index in [-0.39, 0.29) is 30.2 Å². The van der Waals surface area contributed by atoms with E-state index in [1.54, 1.807) is 38.3 Å². The molecule has 0 unspecified atom stereocenters. The topological polar surface area (TPSA) is 90.9 Å². The maximum atomic E-state index is 12.1. The van der Waals surface area contributed by atoms with Gasteiger partial charge < -0.3 is 14.2 Å². The predicted octanol–water partition coefficient (Wildman–Crippen LogP) is 2.23. The Balaban J connectivity index is 1.87. The lowest BCUT2D eigenvalue weighted by Crippen LogP contribution is -2.23.